The van der Waals surface area contributed by atoms with E-state index in [-0.39, 0.29) is 0 Å². The first-order valence-electron chi connectivity index (χ1n) is 8.52. The van der Waals surface area contributed by atoms with Gasteiger partial charge < -0.3 is 4.74 Å². The number of para-hydroxylation sites is 1. The molecular weight excluding hydrogens is 354 g/mol. The van der Waals surface area contributed by atoms with Crippen LogP contribution in [-0.2, 0) is 0 Å². The molecule has 0 fully saturated rings. The SMILES string of the molecule is c1ccc(Oc2cc(-c3ccccc3)nc(NSc3ccccc3)n2)cc1. The van der Waals surface area contributed by atoms with Gasteiger partial charge >= 0.3 is 0 Å². The Bertz CT molecular complexity index is 996. The van der Waals surface area contributed by atoms with E-state index in [9.17, 15) is 0 Å². The van der Waals surface area contributed by atoms with E-state index in [0.29, 0.717) is 11.8 Å². The maximum absolute atomic E-state index is 5.93. The highest BCUT2D eigenvalue weighted by Gasteiger charge is 2.09. The van der Waals surface area contributed by atoms with Gasteiger partial charge in [-0.15, -0.1) is 0 Å². The van der Waals surface area contributed by atoms with E-state index < -0.39 is 0 Å². The first-order valence-corrected chi connectivity index (χ1v) is 9.34. The molecule has 1 aromatic heterocycles. The van der Waals surface area contributed by atoms with Crippen LogP contribution in [0.1, 0.15) is 0 Å². The molecule has 132 valence electrons. The summed E-state index contributed by atoms with van der Waals surface area (Å²) < 4.78 is 9.14. The summed E-state index contributed by atoms with van der Waals surface area (Å²) in [7, 11) is 0. The molecule has 0 aliphatic carbocycles. The average Bonchev–Trinajstić information content (AvgIpc) is 2.74. The Morgan fingerprint density at radius 1 is 0.704 bits per heavy atom. The zero-order valence-corrected chi connectivity index (χ0v) is 15.3. The second kappa shape index (κ2) is 8.38. The highest BCUT2D eigenvalue weighted by Crippen LogP contribution is 2.27. The normalized spacial score (nSPS) is 10.4. The molecule has 1 N–H and O–H groups in total. The number of ether oxygens (including phenoxy) is 1. The van der Waals surface area contributed by atoms with Gasteiger partial charge in [0, 0.05) is 16.5 Å². The fraction of sp³-hybridized carbons (Fsp3) is 0. The minimum absolute atomic E-state index is 0.492. The molecule has 0 saturated carbocycles. The van der Waals surface area contributed by atoms with Crippen molar-refractivity contribution in [1.29, 1.82) is 0 Å². The number of hydrogen-bond acceptors (Lipinski definition) is 5. The Kier molecular flexibility index (Phi) is 5.31. The number of rotatable bonds is 6. The molecule has 0 atom stereocenters. The van der Waals surface area contributed by atoms with Crippen molar-refractivity contribution in [2.75, 3.05) is 4.72 Å². The van der Waals surface area contributed by atoms with Gasteiger partial charge in [0.15, 0.2) is 0 Å². The van der Waals surface area contributed by atoms with Crippen molar-refractivity contribution in [2.45, 2.75) is 4.90 Å². The summed E-state index contributed by atoms with van der Waals surface area (Å²) in [5, 5.41) is 0. The zero-order valence-electron chi connectivity index (χ0n) is 14.4. The molecular formula is C22H17N3OS. The molecule has 27 heavy (non-hydrogen) atoms. The van der Waals surface area contributed by atoms with Crippen LogP contribution in [0.5, 0.6) is 11.6 Å². The molecule has 0 unspecified atom stereocenters. The molecule has 0 radical (unpaired) electrons. The van der Waals surface area contributed by atoms with Crippen LogP contribution >= 0.6 is 11.9 Å². The molecule has 4 nitrogen and oxygen atoms in total. The lowest BCUT2D eigenvalue weighted by molar-refractivity contribution is 0.463. The van der Waals surface area contributed by atoms with Gasteiger partial charge in [0.25, 0.3) is 0 Å². The van der Waals surface area contributed by atoms with E-state index in [1.807, 2.05) is 97.1 Å². The molecule has 0 aliphatic heterocycles. The van der Waals surface area contributed by atoms with Gasteiger partial charge in [0.05, 0.1) is 5.69 Å². The second-order valence-electron chi connectivity index (χ2n) is 5.71. The molecule has 5 heteroatoms. The Morgan fingerprint density at radius 2 is 1.33 bits per heavy atom. The third-order valence-electron chi connectivity index (χ3n) is 3.74. The van der Waals surface area contributed by atoms with Gasteiger partial charge in [-0.25, -0.2) is 4.98 Å². The summed E-state index contributed by atoms with van der Waals surface area (Å²) in [5.74, 6) is 1.72. The van der Waals surface area contributed by atoms with Gasteiger partial charge in [-0.05, 0) is 36.2 Å². The third-order valence-corrected chi connectivity index (χ3v) is 4.53. The smallest absolute Gasteiger partial charge is 0.237 e. The van der Waals surface area contributed by atoms with Crippen molar-refractivity contribution in [3.63, 3.8) is 0 Å². The summed E-state index contributed by atoms with van der Waals surface area (Å²) in [5.41, 5.74) is 1.80. The lowest BCUT2D eigenvalue weighted by Gasteiger charge is -2.10. The topological polar surface area (TPSA) is 47.0 Å². The first-order chi connectivity index (χ1) is 13.4. The molecule has 0 spiro atoms. The average molecular weight is 371 g/mol. The monoisotopic (exact) mass is 371 g/mol. The van der Waals surface area contributed by atoms with Crippen LogP contribution in [0.25, 0.3) is 11.3 Å². The van der Waals surface area contributed by atoms with Gasteiger partial charge in [-0.3, -0.25) is 4.72 Å². The molecule has 0 bridgehead atoms. The van der Waals surface area contributed by atoms with Gasteiger partial charge in [0.1, 0.15) is 5.75 Å². The predicted molar refractivity (Wildman–Crippen MR) is 110 cm³/mol. The van der Waals surface area contributed by atoms with E-state index in [1.165, 1.54) is 11.9 Å². The van der Waals surface area contributed by atoms with Crippen LogP contribution in [0.3, 0.4) is 0 Å². The van der Waals surface area contributed by atoms with Crippen molar-refractivity contribution < 1.29 is 4.74 Å². The molecule has 0 aliphatic rings. The molecule has 4 rings (SSSR count). The minimum atomic E-state index is 0.492. The highest BCUT2D eigenvalue weighted by molar-refractivity contribution is 8.00. The lowest BCUT2D eigenvalue weighted by Crippen LogP contribution is -1.99. The van der Waals surface area contributed by atoms with Crippen LogP contribution in [0.4, 0.5) is 5.95 Å². The van der Waals surface area contributed by atoms with E-state index in [4.69, 9.17) is 4.74 Å². The van der Waals surface area contributed by atoms with Crippen LogP contribution in [0.15, 0.2) is 102 Å². The van der Waals surface area contributed by atoms with Crippen LogP contribution < -0.4 is 9.46 Å². The molecule has 1 heterocycles. The Labute approximate surface area is 162 Å². The summed E-state index contributed by atoms with van der Waals surface area (Å²) in [6, 6.07) is 31.5. The Balaban J connectivity index is 1.63. The zero-order chi connectivity index (χ0) is 18.3. The van der Waals surface area contributed by atoms with Crippen molar-refractivity contribution in [2.24, 2.45) is 0 Å². The van der Waals surface area contributed by atoms with E-state index in [2.05, 4.69) is 14.7 Å². The molecule has 0 amide bonds. The summed E-state index contributed by atoms with van der Waals surface area (Å²) in [4.78, 5) is 10.2. The fourth-order valence-corrected chi connectivity index (χ4v) is 3.08. The van der Waals surface area contributed by atoms with Crippen molar-refractivity contribution in [3.8, 4) is 22.9 Å². The van der Waals surface area contributed by atoms with Crippen molar-refractivity contribution in [3.05, 3.63) is 97.1 Å². The quantitative estimate of drug-likeness (QED) is 0.418. The summed E-state index contributed by atoms with van der Waals surface area (Å²) in [6.45, 7) is 0. The first kappa shape index (κ1) is 17.1. The Hall–Kier alpha value is -3.31. The Morgan fingerprint density at radius 3 is 2.04 bits per heavy atom. The second-order valence-corrected chi connectivity index (χ2v) is 6.59. The predicted octanol–water partition coefficient (Wildman–Crippen LogP) is 6.06. The van der Waals surface area contributed by atoms with E-state index in [1.54, 1.807) is 0 Å². The highest BCUT2D eigenvalue weighted by atomic mass is 32.2. The van der Waals surface area contributed by atoms with Gasteiger partial charge in [-0.1, -0.05) is 66.7 Å². The minimum Gasteiger partial charge on any atom is -0.439 e. The van der Waals surface area contributed by atoms with E-state index in [0.717, 1.165) is 21.9 Å². The van der Waals surface area contributed by atoms with Gasteiger partial charge in [-0.2, -0.15) is 4.98 Å². The largest absolute Gasteiger partial charge is 0.439 e. The maximum atomic E-state index is 5.93. The number of benzene rings is 3. The fourth-order valence-electron chi connectivity index (χ4n) is 2.48. The number of nitrogens with zero attached hydrogens (tertiary/aromatic N) is 2. The van der Waals surface area contributed by atoms with Crippen molar-refractivity contribution >= 4 is 17.9 Å². The number of anilines is 1. The number of nitrogens with one attached hydrogen (secondary N) is 1. The molecule has 0 saturated heterocycles. The van der Waals surface area contributed by atoms with Crippen LogP contribution in [0, 0.1) is 0 Å². The standard InChI is InChI=1S/C22H17N3OS/c1-4-10-17(11-5-1)20-16-21(26-18-12-6-2-7-13-18)24-22(23-20)25-27-19-14-8-3-9-15-19/h1-16H,(H,23,24,25). The lowest BCUT2D eigenvalue weighted by atomic mass is 10.1. The van der Waals surface area contributed by atoms with Gasteiger partial charge in [0.2, 0.25) is 11.8 Å². The van der Waals surface area contributed by atoms with E-state index >= 15 is 0 Å². The van der Waals surface area contributed by atoms with Crippen LogP contribution in [-0.4, -0.2) is 9.97 Å². The number of aromatic nitrogens is 2. The summed E-state index contributed by atoms with van der Waals surface area (Å²) >= 11 is 1.46. The molecule has 4 aromatic rings. The third kappa shape index (κ3) is 4.65. The summed E-state index contributed by atoms with van der Waals surface area (Å²) in [6.07, 6.45) is 0. The number of hydrogen-bond donors (Lipinski definition) is 1. The van der Waals surface area contributed by atoms with Crippen LogP contribution in [0.2, 0.25) is 0 Å². The molecule has 3 aromatic carbocycles. The van der Waals surface area contributed by atoms with Crippen molar-refractivity contribution in [1.82, 2.24) is 9.97 Å². The maximum Gasteiger partial charge on any atom is 0.237 e.